The number of hydrogen-bond donors (Lipinski definition) is 1. The molecule has 2 rings (SSSR count). The molecular weight excluding hydrogens is 373 g/mol. The van der Waals surface area contributed by atoms with Crippen molar-refractivity contribution in [2.75, 3.05) is 11.5 Å². The fourth-order valence-electron chi connectivity index (χ4n) is 2.00. The fourth-order valence-corrected chi connectivity index (χ4v) is 3.99. The van der Waals surface area contributed by atoms with E-state index in [1.54, 1.807) is 24.5 Å². The Morgan fingerprint density at radius 3 is 2.55 bits per heavy atom. The largest absolute Gasteiger partial charge is 0.346 e. The summed E-state index contributed by atoms with van der Waals surface area (Å²) < 4.78 is 21.4. The summed E-state index contributed by atoms with van der Waals surface area (Å²) in [6.07, 6.45) is 4.71. The Kier molecular flexibility index (Phi) is 5.32. The molecule has 22 heavy (non-hydrogen) atoms. The predicted molar refractivity (Wildman–Crippen MR) is 86.5 cm³/mol. The lowest BCUT2D eigenvalue weighted by atomic mass is 10.2. The van der Waals surface area contributed by atoms with Gasteiger partial charge >= 0.3 is 0 Å². The van der Waals surface area contributed by atoms with Crippen molar-refractivity contribution in [3.63, 3.8) is 0 Å². The van der Waals surface area contributed by atoms with Crippen molar-refractivity contribution in [2.24, 2.45) is 4.99 Å². The Balaban J connectivity index is 2.13. The van der Waals surface area contributed by atoms with E-state index >= 15 is 0 Å². The zero-order valence-electron chi connectivity index (χ0n) is 11.1. The fraction of sp³-hybridized carbons (Fsp3) is 0.417. The van der Waals surface area contributed by atoms with Crippen LogP contribution in [-0.4, -0.2) is 52.9 Å². The number of carbonyl (C=O) groups excluding carboxylic acids is 1. The number of aliphatic imine (C=N–C) groups is 1. The van der Waals surface area contributed by atoms with Gasteiger partial charge in [-0.25, -0.2) is 8.42 Å². The lowest BCUT2D eigenvalue weighted by Gasteiger charge is -2.19. The molecule has 1 aliphatic rings. The number of halogens is 3. The number of hydrogen-bond acceptors (Lipinski definition) is 5. The molecule has 0 unspecified atom stereocenters. The molecular formula is C12H12Cl3N3O3S. The lowest BCUT2D eigenvalue weighted by Crippen LogP contribution is -2.46. The van der Waals surface area contributed by atoms with Crippen LogP contribution in [0.5, 0.6) is 0 Å². The molecule has 120 valence electrons. The summed E-state index contributed by atoms with van der Waals surface area (Å²) in [5.74, 6) is -1.28. The van der Waals surface area contributed by atoms with Crippen LogP contribution in [0.3, 0.4) is 0 Å². The van der Waals surface area contributed by atoms with Crippen LogP contribution in [0.4, 0.5) is 0 Å². The van der Waals surface area contributed by atoms with Gasteiger partial charge in [-0.15, -0.1) is 0 Å². The van der Waals surface area contributed by atoms with E-state index in [0.29, 0.717) is 0 Å². The Labute approximate surface area is 142 Å². The molecule has 10 heteroatoms. The van der Waals surface area contributed by atoms with Crippen molar-refractivity contribution < 1.29 is 13.2 Å². The molecule has 1 saturated heterocycles. The molecule has 6 nitrogen and oxygen atoms in total. The molecule has 0 radical (unpaired) electrons. The second kappa shape index (κ2) is 6.70. The maximum absolute atomic E-state index is 11.8. The Morgan fingerprint density at radius 2 is 1.95 bits per heavy atom. The number of alkyl halides is 3. The van der Waals surface area contributed by atoms with E-state index in [1.807, 2.05) is 0 Å². The Morgan fingerprint density at radius 1 is 1.32 bits per heavy atom. The highest BCUT2D eigenvalue weighted by Crippen LogP contribution is 2.27. The third kappa shape index (κ3) is 4.81. The number of aromatic nitrogens is 1. The van der Waals surface area contributed by atoms with Gasteiger partial charge in [-0.05, 0) is 17.7 Å². The van der Waals surface area contributed by atoms with Gasteiger partial charge < -0.3 is 5.32 Å². The minimum Gasteiger partial charge on any atom is -0.346 e. The highest BCUT2D eigenvalue weighted by atomic mass is 35.6. The summed E-state index contributed by atoms with van der Waals surface area (Å²) in [5, 5.41) is 2.42. The number of nitrogens with zero attached hydrogens (tertiary/aromatic N) is 2. The molecule has 0 aromatic carbocycles. The molecule has 1 aromatic heterocycles. The van der Waals surface area contributed by atoms with Gasteiger partial charge in [-0.1, -0.05) is 34.8 Å². The van der Waals surface area contributed by atoms with E-state index in [-0.39, 0.29) is 11.5 Å². The van der Waals surface area contributed by atoms with Crippen LogP contribution >= 0.6 is 34.8 Å². The second-order valence-electron chi connectivity index (χ2n) is 4.78. The number of carbonyl (C=O) groups is 1. The molecule has 1 aromatic rings. The highest BCUT2D eigenvalue weighted by Gasteiger charge is 2.41. The van der Waals surface area contributed by atoms with Gasteiger partial charge in [0.15, 0.2) is 9.84 Å². The van der Waals surface area contributed by atoms with Crippen LogP contribution in [0.15, 0.2) is 29.5 Å². The summed E-state index contributed by atoms with van der Waals surface area (Å²) in [4.78, 5) is 19.8. The van der Waals surface area contributed by atoms with Crippen molar-refractivity contribution in [3.8, 4) is 0 Å². The first kappa shape index (κ1) is 17.5. The van der Waals surface area contributed by atoms with Crippen molar-refractivity contribution >= 4 is 56.8 Å². The SMILES string of the molecule is O=C(N[C@H]1CS(=O)(=O)C[C@H]1N=Cc1ccncc1)C(Cl)(Cl)Cl. The Bertz CT molecular complexity index is 674. The first-order valence-corrected chi connectivity index (χ1v) is 9.14. The summed E-state index contributed by atoms with van der Waals surface area (Å²) in [6, 6.07) is 2.09. The summed E-state index contributed by atoms with van der Waals surface area (Å²) >= 11 is 16.4. The molecule has 2 heterocycles. The minimum atomic E-state index is -3.31. The zero-order chi connectivity index (χ0) is 16.4. The number of amides is 1. The first-order chi connectivity index (χ1) is 10.2. The summed E-state index contributed by atoms with van der Waals surface area (Å²) in [7, 11) is -3.31. The lowest BCUT2D eigenvalue weighted by molar-refractivity contribution is -0.120. The van der Waals surface area contributed by atoms with Crippen molar-refractivity contribution in [1.82, 2.24) is 10.3 Å². The Hall–Kier alpha value is -0.890. The summed E-state index contributed by atoms with van der Waals surface area (Å²) in [6.45, 7) is 0. The zero-order valence-corrected chi connectivity index (χ0v) is 14.2. The molecule has 1 N–H and O–H groups in total. The van der Waals surface area contributed by atoms with Crippen molar-refractivity contribution in [3.05, 3.63) is 30.1 Å². The minimum absolute atomic E-state index is 0.167. The van der Waals surface area contributed by atoms with E-state index in [9.17, 15) is 13.2 Å². The maximum atomic E-state index is 11.8. The van der Waals surface area contributed by atoms with Gasteiger partial charge in [0.25, 0.3) is 9.70 Å². The van der Waals surface area contributed by atoms with Crippen LogP contribution in [0.2, 0.25) is 0 Å². The van der Waals surface area contributed by atoms with Crippen LogP contribution in [-0.2, 0) is 14.6 Å². The molecule has 0 aliphatic carbocycles. The molecule has 1 amide bonds. The van der Waals surface area contributed by atoms with Crippen LogP contribution in [0.1, 0.15) is 5.56 Å². The normalized spacial score (nSPS) is 24.5. The van der Waals surface area contributed by atoms with E-state index in [0.717, 1.165) is 5.56 Å². The van der Waals surface area contributed by atoms with Gasteiger partial charge in [-0.3, -0.25) is 14.8 Å². The molecule has 1 fully saturated rings. The molecule has 1 aliphatic heterocycles. The number of nitrogens with one attached hydrogen (secondary N) is 1. The topological polar surface area (TPSA) is 88.5 Å². The number of sulfone groups is 1. The van der Waals surface area contributed by atoms with E-state index in [1.165, 1.54) is 6.21 Å². The van der Waals surface area contributed by atoms with E-state index in [2.05, 4.69) is 15.3 Å². The van der Waals surface area contributed by atoms with Crippen LogP contribution in [0, 0.1) is 0 Å². The predicted octanol–water partition coefficient (Wildman–Crippen LogP) is 1.15. The summed E-state index contributed by atoms with van der Waals surface area (Å²) in [5.41, 5.74) is 0.769. The molecule has 2 atom stereocenters. The standard InChI is InChI=1S/C12H12Cl3N3O3S/c13-12(14,15)11(19)18-10-7-22(20,21)6-9(10)17-5-8-1-3-16-4-2-8/h1-5,9-10H,6-7H2,(H,18,19)/t9-,10+/m1/s1. The van der Waals surface area contributed by atoms with Crippen molar-refractivity contribution in [1.29, 1.82) is 0 Å². The van der Waals surface area contributed by atoms with Gasteiger partial charge in [0.2, 0.25) is 0 Å². The third-order valence-electron chi connectivity index (χ3n) is 3.02. The van der Waals surface area contributed by atoms with E-state index < -0.39 is 31.6 Å². The van der Waals surface area contributed by atoms with Gasteiger partial charge in [-0.2, -0.15) is 0 Å². The number of rotatable bonds is 3. The van der Waals surface area contributed by atoms with E-state index in [4.69, 9.17) is 34.8 Å². The van der Waals surface area contributed by atoms with Gasteiger partial charge in [0.05, 0.1) is 23.6 Å². The molecule has 0 spiro atoms. The average Bonchev–Trinajstić information content (AvgIpc) is 2.71. The first-order valence-electron chi connectivity index (χ1n) is 6.19. The monoisotopic (exact) mass is 383 g/mol. The average molecular weight is 385 g/mol. The maximum Gasteiger partial charge on any atom is 0.272 e. The molecule has 0 saturated carbocycles. The second-order valence-corrected chi connectivity index (χ2v) is 9.22. The van der Waals surface area contributed by atoms with Gasteiger partial charge in [0.1, 0.15) is 0 Å². The smallest absolute Gasteiger partial charge is 0.272 e. The molecule has 0 bridgehead atoms. The highest BCUT2D eigenvalue weighted by molar-refractivity contribution is 7.91. The quantitative estimate of drug-likeness (QED) is 0.625. The third-order valence-corrected chi connectivity index (χ3v) is 5.25. The van der Waals surface area contributed by atoms with Crippen molar-refractivity contribution in [2.45, 2.75) is 15.9 Å². The van der Waals surface area contributed by atoms with Crippen LogP contribution < -0.4 is 5.32 Å². The van der Waals surface area contributed by atoms with Gasteiger partial charge in [0, 0.05) is 18.6 Å². The van der Waals surface area contributed by atoms with Crippen LogP contribution in [0.25, 0.3) is 0 Å². The number of pyridine rings is 1.